The van der Waals surface area contributed by atoms with Gasteiger partial charge in [-0.3, -0.25) is 0 Å². The predicted octanol–water partition coefficient (Wildman–Crippen LogP) is 2.86. The number of rotatable bonds is 6. The van der Waals surface area contributed by atoms with E-state index >= 15 is 0 Å². The normalized spacial score (nSPS) is 13.9. The van der Waals surface area contributed by atoms with Crippen molar-refractivity contribution in [3.63, 3.8) is 0 Å². The van der Waals surface area contributed by atoms with E-state index in [2.05, 4.69) is 48.8 Å². The lowest BCUT2D eigenvalue weighted by Crippen LogP contribution is -2.33. The molecule has 1 aromatic heterocycles. The largest absolute Gasteiger partial charge is 0.335 e. The second-order valence-corrected chi connectivity index (χ2v) is 5.99. The van der Waals surface area contributed by atoms with Crippen LogP contribution in [0.4, 0.5) is 0 Å². The minimum absolute atomic E-state index is 0.357. The number of hydrogen-bond donors (Lipinski definition) is 1. The van der Waals surface area contributed by atoms with Gasteiger partial charge in [-0.2, -0.15) is 0 Å². The molecule has 0 fully saturated rings. The molecular weight excluding hydrogens is 210 g/mol. The summed E-state index contributed by atoms with van der Waals surface area (Å²) in [6.07, 6.45) is 7.34. The molecule has 1 heterocycles. The van der Waals surface area contributed by atoms with Gasteiger partial charge in [-0.25, -0.2) is 4.98 Å². The van der Waals surface area contributed by atoms with Crippen LogP contribution >= 0.6 is 0 Å². The zero-order chi connectivity index (χ0) is 12.9. The molecule has 17 heavy (non-hydrogen) atoms. The van der Waals surface area contributed by atoms with Gasteiger partial charge >= 0.3 is 0 Å². The van der Waals surface area contributed by atoms with E-state index in [0.717, 1.165) is 19.4 Å². The maximum absolute atomic E-state index is 4.48. The molecule has 0 radical (unpaired) electrons. The summed E-state index contributed by atoms with van der Waals surface area (Å²) >= 11 is 0. The van der Waals surface area contributed by atoms with Gasteiger partial charge in [0, 0.05) is 31.4 Å². The van der Waals surface area contributed by atoms with Crippen molar-refractivity contribution < 1.29 is 0 Å². The summed E-state index contributed by atoms with van der Waals surface area (Å²) in [7, 11) is 2.05. The molecule has 0 saturated heterocycles. The minimum atomic E-state index is 0.357. The van der Waals surface area contributed by atoms with Crippen molar-refractivity contribution in [1.29, 1.82) is 0 Å². The molecule has 1 rings (SSSR count). The first-order valence-corrected chi connectivity index (χ1v) is 6.63. The van der Waals surface area contributed by atoms with Crippen molar-refractivity contribution in [2.75, 3.05) is 7.05 Å². The fourth-order valence-electron chi connectivity index (χ4n) is 2.21. The van der Waals surface area contributed by atoms with Crippen LogP contribution in [-0.2, 0) is 13.0 Å². The first-order chi connectivity index (χ1) is 7.96. The maximum atomic E-state index is 4.48. The smallest absolute Gasteiger partial charge is 0.110 e. The second-order valence-electron chi connectivity index (χ2n) is 5.99. The van der Waals surface area contributed by atoms with Gasteiger partial charge < -0.3 is 9.88 Å². The molecule has 0 saturated carbocycles. The molecule has 1 aromatic rings. The lowest BCUT2D eigenvalue weighted by atomic mass is 9.87. The van der Waals surface area contributed by atoms with Crippen molar-refractivity contribution in [1.82, 2.24) is 14.9 Å². The van der Waals surface area contributed by atoms with Crippen LogP contribution in [0.1, 0.15) is 46.4 Å². The Balaban J connectivity index is 2.63. The van der Waals surface area contributed by atoms with E-state index in [-0.39, 0.29) is 0 Å². The monoisotopic (exact) mass is 237 g/mol. The second kappa shape index (κ2) is 6.20. The Morgan fingerprint density at radius 2 is 2.12 bits per heavy atom. The minimum Gasteiger partial charge on any atom is -0.335 e. The Hall–Kier alpha value is -0.830. The van der Waals surface area contributed by atoms with Crippen LogP contribution in [0.25, 0.3) is 0 Å². The number of nitrogens with zero attached hydrogens (tertiary/aromatic N) is 2. The van der Waals surface area contributed by atoms with Crippen LogP contribution in [0.2, 0.25) is 0 Å². The van der Waals surface area contributed by atoms with Crippen molar-refractivity contribution in [3.8, 4) is 0 Å². The van der Waals surface area contributed by atoms with Crippen molar-refractivity contribution in [2.24, 2.45) is 5.41 Å². The third-order valence-corrected chi connectivity index (χ3v) is 2.96. The molecule has 0 aliphatic rings. The van der Waals surface area contributed by atoms with Gasteiger partial charge in [0.1, 0.15) is 5.82 Å². The van der Waals surface area contributed by atoms with Gasteiger partial charge in [0.05, 0.1) is 0 Å². The zero-order valence-electron chi connectivity index (χ0n) is 12.0. The topological polar surface area (TPSA) is 29.9 Å². The van der Waals surface area contributed by atoms with E-state index in [1.807, 2.05) is 13.2 Å². The molecular formula is C14H27N3. The molecule has 0 amide bonds. The van der Waals surface area contributed by atoms with Gasteiger partial charge in [0.15, 0.2) is 0 Å². The standard InChI is InChI=1S/C14H27N3/c1-6-8-17-9-7-16-13(17)10-12(15-5)11-14(2,3)4/h7,9,12,15H,6,8,10-11H2,1-5H3. The number of aryl methyl sites for hydroxylation is 1. The van der Waals surface area contributed by atoms with Crippen LogP contribution < -0.4 is 5.32 Å². The first-order valence-electron chi connectivity index (χ1n) is 6.63. The molecule has 1 unspecified atom stereocenters. The lowest BCUT2D eigenvalue weighted by molar-refractivity contribution is 0.312. The third-order valence-electron chi connectivity index (χ3n) is 2.96. The summed E-state index contributed by atoms with van der Waals surface area (Å²) in [4.78, 5) is 4.48. The SMILES string of the molecule is CCCn1ccnc1CC(CC(C)(C)C)NC. The molecule has 1 N–H and O–H groups in total. The number of likely N-dealkylation sites (N-methyl/N-ethyl adjacent to an activating group) is 1. The van der Waals surface area contributed by atoms with Gasteiger partial charge in [0.2, 0.25) is 0 Å². The highest BCUT2D eigenvalue weighted by molar-refractivity contribution is 4.96. The predicted molar refractivity (Wildman–Crippen MR) is 73.1 cm³/mol. The number of aromatic nitrogens is 2. The molecule has 0 aromatic carbocycles. The summed E-state index contributed by atoms with van der Waals surface area (Å²) in [5.74, 6) is 1.20. The number of hydrogen-bond acceptors (Lipinski definition) is 2. The average molecular weight is 237 g/mol. The van der Waals surface area contributed by atoms with Crippen LogP contribution in [0, 0.1) is 5.41 Å². The maximum Gasteiger partial charge on any atom is 0.110 e. The molecule has 1 atom stereocenters. The summed E-state index contributed by atoms with van der Waals surface area (Å²) in [6.45, 7) is 10.1. The van der Waals surface area contributed by atoms with E-state index in [1.165, 1.54) is 12.2 Å². The van der Waals surface area contributed by atoms with Crippen molar-refractivity contribution in [3.05, 3.63) is 18.2 Å². The summed E-state index contributed by atoms with van der Waals surface area (Å²) in [5.41, 5.74) is 0.357. The Bertz CT molecular complexity index is 322. The molecule has 3 heteroatoms. The highest BCUT2D eigenvalue weighted by atomic mass is 15.1. The summed E-state index contributed by atoms with van der Waals surface area (Å²) in [5, 5.41) is 3.41. The van der Waals surface area contributed by atoms with E-state index in [1.54, 1.807) is 0 Å². The van der Waals surface area contributed by atoms with Gasteiger partial charge in [0.25, 0.3) is 0 Å². The van der Waals surface area contributed by atoms with Gasteiger partial charge in [-0.15, -0.1) is 0 Å². The van der Waals surface area contributed by atoms with Crippen LogP contribution in [0.5, 0.6) is 0 Å². The van der Waals surface area contributed by atoms with Crippen molar-refractivity contribution >= 4 is 0 Å². The van der Waals surface area contributed by atoms with Gasteiger partial charge in [-0.05, 0) is 25.3 Å². The summed E-state index contributed by atoms with van der Waals surface area (Å²) in [6, 6.07) is 0.507. The van der Waals surface area contributed by atoms with Crippen molar-refractivity contribution in [2.45, 2.75) is 59.5 Å². The fourth-order valence-corrected chi connectivity index (χ4v) is 2.21. The zero-order valence-corrected chi connectivity index (χ0v) is 12.0. The Labute approximate surface area is 106 Å². The van der Waals surface area contributed by atoms with E-state index in [0.29, 0.717) is 11.5 Å². The Kier molecular flexibility index (Phi) is 5.19. The molecule has 0 aliphatic heterocycles. The Morgan fingerprint density at radius 1 is 1.41 bits per heavy atom. The quantitative estimate of drug-likeness (QED) is 0.824. The van der Waals surface area contributed by atoms with Gasteiger partial charge in [-0.1, -0.05) is 27.7 Å². The molecule has 98 valence electrons. The van der Waals surface area contributed by atoms with Crippen LogP contribution in [-0.4, -0.2) is 22.6 Å². The fraction of sp³-hybridized carbons (Fsp3) is 0.786. The van der Waals surface area contributed by atoms with E-state index in [4.69, 9.17) is 0 Å². The number of imidazole rings is 1. The van der Waals surface area contributed by atoms with E-state index in [9.17, 15) is 0 Å². The first kappa shape index (κ1) is 14.2. The molecule has 0 spiro atoms. The Morgan fingerprint density at radius 3 is 2.65 bits per heavy atom. The highest BCUT2D eigenvalue weighted by Gasteiger charge is 2.19. The summed E-state index contributed by atoms with van der Waals surface area (Å²) < 4.78 is 2.27. The average Bonchev–Trinajstić information content (AvgIpc) is 2.63. The van der Waals surface area contributed by atoms with E-state index < -0.39 is 0 Å². The lowest BCUT2D eigenvalue weighted by Gasteiger charge is -2.25. The third kappa shape index (κ3) is 4.90. The molecule has 0 aliphatic carbocycles. The van der Waals surface area contributed by atoms with Crippen LogP contribution in [0.3, 0.4) is 0 Å². The molecule has 0 bridgehead atoms. The molecule has 3 nitrogen and oxygen atoms in total. The van der Waals surface area contributed by atoms with Crippen LogP contribution in [0.15, 0.2) is 12.4 Å². The number of nitrogens with one attached hydrogen (secondary N) is 1. The highest BCUT2D eigenvalue weighted by Crippen LogP contribution is 2.22.